The molecule has 14 rings (SSSR count). The summed E-state index contributed by atoms with van der Waals surface area (Å²) in [5.74, 6) is 8.83. The molecule has 6 saturated carbocycles. The van der Waals surface area contributed by atoms with Crippen molar-refractivity contribution in [3.05, 3.63) is 194 Å². The fraction of sp³-hybridized carbons (Fsp3) is 0.643. The molecule has 6 aliphatic rings. The monoisotopic (exact) mass is 1790 g/mol. The molecule has 6 heteroatoms. The number of fused-ring (bicyclic) bond motifs is 10. The summed E-state index contributed by atoms with van der Waals surface area (Å²) >= 11 is 0. The van der Waals surface area contributed by atoms with Crippen LogP contribution in [-0.2, 0) is 0 Å². The molecule has 0 saturated heterocycles. The Hall–Kier alpha value is 2.36. The fourth-order valence-electron chi connectivity index (χ4n) is 15.5. The Bertz CT molecular complexity index is 2250. The second-order valence-corrected chi connectivity index (χ2v) is 24.7. The molecular formula is C112H208Ar6. The van der Waals surface area contributed by atoms with E-state index in [0.29, 0.717) is 10.8 Å². The standard InChI is InChI=1S/2C15H26.4C10H8.2C3H8.18C2H6.6Ar/c2*1-15(2)13-9-5-3-7-11(13)12-8-4-6-10-14(12)15;4*1-2-6-10-8-4-3-7-9(10)5-1;2*1-3-2;18*1-2;;;;;;/h2*11-14H,3-10H2,1-2H3;4*1-8H;2*3H2,1-2H3;18*1-2H3;;;;;;. The van der Waals surface area contributed by atoms with Gasteiger partial charge in [-0.25, -0.2) is 0 Å². The molecule has 8 atom stereocenters. The zero-order chi connectivity index (χ0) is 89.6. The first-order valence-corrected chi connectivity index (χ1v) is 48.9. The molecule has 0 N–H and O–H groups in total. The molecule has 8 unspecified atom stereocenters. The van der Waals surface area contributed by atoms with E-state index in [2.05, 4.69) is 250 Å². The second kappa shape index (κ2) is 132. The Morgan fingerprint density at radius 2 is 0.246 bits per heavy atom. The van der Waals surface area contributed by atoms with Crippen LogP contribution in [0, 0.1) is 285 Å². The van der Waals surface area contributed by atoms with Gasteiger partial charge in [0, 0.05) is 226 Å². The van der Waals surface area contributed by atoms with Crippen LogP contribution in [0.25, 0.3) is 43.1 Å². The summed E-state index contributed by atoms with van der Waals surface area (Å²) < 4.78 is 0. The van der Waals surface area contributed by atoms with Gasteiger partial charge in [-0.05, 0) is 153 Å². The van der Waals surface area contributed by atoms with Gasteiger partial charge in [-0.1, -0.05) is 563 Å². The maximum absolute atomic E-state index is 2.59. The zero-order valence-corrected chi connectivity index (χ0v) is 91.2. The largest absolute Gasteiger partial charge is 0.0683 e. The average molecular weight is 1790 g/mol. The number of benzene rings is 8. The third-order valence-corrected chi connectivity index (χ3v) is 18.8. The van der Waals surface area contributed by atoms with Gasteiger partial charge >= 0.3 is 0 Å². The van der Waals surface area contributed by atoms with E-state index >= 15 is 0 Å². The Morgan fingerprint density at radius 1 is 0.169 bits per heavy atom. The zero-order valence-electron chi connectivity index (χ0n) is 86.9. The number of hydrogen-bond donors (Lipinski definition) is 0. The van der Waals surface area contributed by atoms with Crippen molar-refractivity contribution < 1.29 is 226 Å². The van der Waals surface area contributed by atoms with Crippen LogP contribution >= 0.6 is 0 Å². The van der Waals surface area contributed by atoms with Gasteiger partial charge in [0.05, 0.1) is 0 Å². The van der Waals surface area contributed by atoms with E-state index in [1.165, 1.54) is 107 Å². The van der Waals surface area contributed by atoms with Crippen LogP contribution in [0.4, 0.5) is 0 Å². The predicted molar refractivity (Wildman–Crippen MR) is 541 cm³/mol. The van der Waals surface area contributed by atoms with Crippen LogP contribution in [0.15, 0.2) is 194 Å². The Kier molecular flexibility index (Phi) is 184. The van der Waals surface area contributed by atoms with Crippen molar-refractivity contribution in [1.29, 1.82) is 0 Å². The first kappa shape index (κ1) is 164. The molecule has 118 heavy (non-hydrogen) atoms. The second-order valence-electron chi connectivity index (χ2n) is 24.7. The molecule has 0 heterocycles. The van der Waals surface area contributed by atoms with Crippen molar-refractivity contribution in [2.45, 2.75) is 420 Å². The van der Waals surface area contributed by atoms with Gasteiger partial charge in [0.15, 0.2) is 0 Å². The van der Waals surface area contributed by atoms with Crippen molar-refractivity contribution in [2.75, 3.05) is 0 Å². The average Bonchev–Trinajstić information content (AvgIpc) is 1.60. The third kappa shape index (κ3) is 72.1. The topological polar surface area (TPSA) is 0 Å². The molecule has 0 radical (unpaired) electrons. The normalized spacial score (nSPS) is 16.9. The first-order valence-electron chi connectivity index (χ1n) is 48.9. The predicted octanol–water partition coefficient (Wildman–Crippen LogP) is 41.9. The van der Waals surface area contributed by atoms with Gasteiger partial charge in [0.25, 0.3) is 0 Å². The van der Waals surface area contributed by atoms with Crippen LogP contribution in [0.5, 0.6) is 0 Å². The van der Waals surface area contributed by atoms with E-state index < -0.39 is 0 Å². The summed E-state index contributed by atoms with van der Waals surface area (Å²) in [7, 11) is 0. The minimum atomic E-state index is 0. The molecule has 8 aromatic rings. The van der Waals surface area contributed by atoms with Gasteiger partial charge in [-0.15, -0.1) is 0 Å². The molecule has 6 aliphatic carbocycles. The number of hydrogen-bond acceptors (Lipinski definition) is 0. The molecule has 0 aromatic heterocycles. The molecule has 0 amide bonds. The van der Waals surface area contributed by atoms with Crippen LogP contribution in [-0.4, -0.2) is 0 Å². The van der Waals surface area contributed by atoms with Gasteiger partial charge in [0.2, 0.25) is 0 Å². The van der Waals surface area contributed by atoms with E-state index in [4.69, 9.17) is 0 Å². The van der Waals surface area contributed by atoms with E-state index in [-0.39, 0.29) is 226 Å². The van der Waals surface area contributed by atoms with Crippen molar-refractivity contribution in [1.82, 2.24) is 0 Å². The van der Waals surface area contributed by atoms with Crippen LogP contribution in [0.2, 0.25) is 0 Å². The summed E-state index contributed by atoms with van der Waals surface area (Å²) in [6, 6.07) is 66.9. The van der Waals surface area contributed by atoms with Crippen molar-refractivity contribution in [3.63, 3.8) is 0 Å². The molecule has 0 spiro atoms. The summed E-state index contributed by atoms with van der Waals surface area (Å²) in [5, 5.41) is 10.5. The van der Waals surface area contributed by atoms with E-state index in [1.54, 1.807) is 51.4 Å². The molecular weight excluding hydrogens is 1580 g/mol. The number of rotatable bonds is 0. The van der Waals surface area contributed by atoms with Gasteiger partial charge < -0.3 is 0 Å². The van der Waals surface area contributed by atoms with Gasteiger partial charge in [0.1, 0.15) is 0 Å². The minimum absolute atomic E-state index is 0. The Morgan fingerprint density at radius 3 is 0.331 bits per heavy atom. The SMILES string of the molecule is CC.CC.CC.CC.CC.CC.CC.CC.CC.CC.CC.CC.CC.CC.CC.CC.CC.CC.CC1(C)C2CCCCC2C2CCCCC21.CC1(C)C2CCCCC2C2CCCCC21.CCC.CCC.[Ar].[Ar].[Ar].[Ar].[Ar].[Ar].c1ccc2ccccc2c1.c1ccc2ccccc2c1.c1ccc2ccccc2c1.c1ccc2ccccc2c1. The van der Waals surface area contributed by atoms with E-state index in [9.17, 15) is 0 Å². The van der Waals surface area contributed by atoms with Gasteiger partial charge in [-0.2, -0.15) is 0 Å². The summed E-state index contributed by atoms with van der Waals surface area (Å²) in [6.45, 7) is 90.9. The fourth-order valence-corrected chi connectivity index (χ4v) is 15.5. The summed E-state index contributed by atoms with van der Waals surface area (Å²) in [4.78, 5) is 0. The molecule has 6 fully saturated rings. The molecule has 0 nitrogen and oxygen atoms in total. The first-order chi connectivity index (χ1) is 55.1. The van der Waals surface area contributed by atoms with E-state index in [1.807, 2.05) is 249 Å². The quantitative estimate of drug-likeness (QED) is 0.142. The minimum Gasteiger partial charge on any atom is -0.0683 e. The third-order valence-electron chi connectivity index (χ3n) is 18.8. The summed E-state index contributed by atoms with van der Waals surface area (Å²) in [5.41, 5.74) is 1.35. The Labute approximate surface area is 927 Å². The van der Waals surface area contributed by atoms with E-state index in [0.717, 1.165) is 47.3 Å². The van der Waals surface area contributed by atoms with Crippen molar-refractivity contribution in [3.8, 4) is 0 Å². The van der Waals surface area contributed by atoms with Crippen molar-refractivity contribution in [2.24, 2.45) is 58.2 Å². The molecule has 704 valence electrons. The van der Waals surface area contributed by atoms with Crippen LogP contribution in [0.1, 0.15) is 420 Å². The van der Waals surface area contributed by atoms with Gasteiger partial charge in [-0.3, -0.25) is 0 Å². The van der Waals surface area contributed by atoms with Crippen molar-refractivity contribution >= 4 is 43.1 Å². The Balaban J connectivity index is -0.0000000580. The maximum atomic E-state index is 2.59. The van der Waals surface area contributed by atoms with Crippen LogP contribution in [0.3, 0.4) is 0 Å². The molecule has 8 aromatic carbocycles. The summed E-state index contributed by atoms with van der Waals surface area (Å²) in [6.07, 6.45) is 27.1. The van der Waals surface area contributed by atoms with Crippen LogP contribution < -0.4 is 0 Å². The molecule has 0 bridgehead atoms. The molecule has 0 aliphatic heterocycles. The maximum Gasteiger partial charge on any atom is 0 e. The smallest absolute Gasteiger partial charge is 0 e.